The van der Waals surface area contributed by atoms with Crippen LogP contribution in [0.2, 0.25) is 0 Å². The molecule has 0 fully saturated rings. The Morgan fingerprint density at radius 3 is 1.33 bits per heavy atom. The molecule has 10 heteroatoms. The summed E-state index contributed by atoms with van der Waals surface area (Å²) in [7, 11) is -4.45. The van der Waals surface area contributed by atoms with Crippen LogP contribution in [-0.4, -0.2) is 54.3 Å². The Morgan fingerprint density at radius 1 is 0.533 bits per heavy atom. The van der Waals surface area contributed by atoms with Crippen molar-refractivity contribution in [2.45, 2.75) is 193 Å². The number of phosphoric acid groups is 1. The summed E-state index contributed by atoms with van der Waals surface area (Å²) < 4.78 is 26.9. The standard InChI is InChI=1S/C50H86NO8P/c1-3-5-7-9-11-13-15-17-19-21-23-24-25-26-28-30-32-34-36-38-40-42-49(53)51-44-45-58-60(55,56)59-47-48(52)46-57-50(54)43-41-39-37-35-33-31-29-27-22-20-18-16-14-12-10-8-6-4-2/h5,7,11,13,17,19,23-24,26,28,32,34,38,40,48,52H,3-4,6,8-10,12,14-16,18,20-22,25,27,29-31,33,35-37,39,41-47H2,1-2H3,(H,51,53)(H,55,56)/b7-5-,13-11-,19-17-,24-23-,28-26-,34-32-,40-38-. The van der Waals surface area contributed by atoms with E-state index in [1.807, 2.05) is 12.2 Å². The summed E-state index contributed by atoms with van der Waals surface area (Å²) in [6, 6.07) is 0. The quantitative estimate of drug-likeness (QED) is 0.0239. The van der Waals surface area contributed by atoms with E-state index >= 15 is 0 Å². The van der Waals surface area contributed by atoms with Crippen LogP contribution in [0.4, 0.5) is 0 Å². The number of aliphatic hydroxyl groups excluding tert-OH is 1. The Hall–Kier alpha value is -2.81. The molecule has 9 nitrogen and oxygen atoms in total. The minimum Gasteiger partial charge on any atom is -0.463 e. The van der Waals surface area contributed by atoms with Crippen molar-refractivity contribution < 1.29 is 37.9 Å². The number of carbonyl (C=O) groups is 2. The van der Waals surface area contributed by atoms with E-state index in [0.717, 1.165) is 64.2 Å². The average molecular weight is 860 g/mol. The number of esters is 1. The van der Waals surface area contributed by atoms with Gasteiger partial charge in [0.15, 0.2) is 0 Å². The molecule has 0 aliphatic carbocycles. The SMILES string of the molecule is CC/C=C\C/C=C\C/C=C\C/C=C\C/C=C\C/C=C\C/C=C\CC(=O)NCCOP(=O)(O)OCC(O)COC(=O)CCCCCCCCCCCCCCCCCCCC. The zero-order chi connectivity index (χ0) is 43.9. The third-order valence-electron chi connectivity index (χ3n) is 9.62. The van der Waals surface area contributed by atoms with Gasteiger partial charge in [0.25, 0.3) is 0 Å². The number of unbranched alkanes of at least 4 members (excludes halogenated alkanes) is 17. The molecule has 0 aromatic rings. The highest BCUT2D eigenvalue weighted by atomic mass is 31.2. The summed E-state index contributed by atoms with van der Waals surface area (Å²) in [5, 5.41) is 12.6. The molecule has 2 unspecified atom stereocenters. The van der Waals surface area contributed by atoms with Gasteiger partial charge in [-0.05, 0) is 51.4 Å². The smallest absolute Gasteiger partial charge is 0.463 e. The van der Waals surface area contributed by atoms with Crippen molar-refractivity contribution in [2.24, 2.45) is 0 Å². The maximum Gasteiger partial charge on any atom is 0.472 e. The van der Waals surface area contributed by atoms with Gasteiger partial charge in [-0.15, -0.1) is 0 Å². The lowest BCUT2D eigenvalue weighted by Crippen LogP contribution is -2.26. The fraction of sp³-hybridized carbons (Fsp3) is 0.680. The molecule has 3 N–H and O–H groups in total. The number of nitrogens with one attached hydrogen (secondary N) is 1. The first kappa shape index (κ1) is 57.2. The van der Waals surface area contributed by atoms with E-state index in [-0.39, 0.29) is 38.5 Å². The molecule has 0 rings (SSSR count). The number of rotatable bonds is 43. The molecule has 60 heavy (non-hydrogen) atoms. The van der Waals surface area contributed by atoms with E-state index < -0.39 is 26.5 Å². The van der Waals surface area contributed by atoms with Gasteiger partial charge in [0.1, 0.15) is 12.7 Å². The van der Waals surface area contributed by atoms with E-state index in [2.05, 4.69) is 86.0 Å². The molecule has 0 radical (unpaired) electrons. The van der Waals surface area contributed by atoms with Gasteiger partial charge < -0.3 is 20.1 Å². The monoisotopic (exact) mass is 860 g/mol. The predicted molar refractivity (Wildman–Crippen MR) is 252 cm³/mol. The Bertz CT molecular complexity index is 1250. The number of hydrogen-bond acceptors (Lipinski definition) is 7. The van der Waals surface area contributed by atoms with Gasteiger partial charge in [-0.2, -0.15) is 0 Å². The van der Waals surface area contributed by atoms with Crippen molar-refractivity contribution in [3.05, 3.63) is 85.1 Å². The number of ether oxygens (including phenoxy) is 1. The maximum absolute atomic E-state index is 12.1. The first-order valence-electron chi connectivity index (χ1n) is 23.6. The molecule has 1 amide bonds. The zero-order valence-electron chi connectivity index (χ0n) is 37.9. The fourth-order valence-corrected chi connectivity index (χ4v) is 6.86. The first-order chi connectivity index (χ1) is 29.3. The summed E-state index contributed by atoms with van der Waals surface area (Å²) in [6.45, 7) is 3.32. The number of phosphoric ester groups is 1. The highest BCUT2D eigenvalue weighted by Crippen LogP contribution is 2.42. The van der Waals surface area contributed by atoms with Crippen LogP contribution in [0.3, 0.4) is 0 Å². The second-order valence-corrected chi connectivity index (χ2v) is 16.8. The van der Waals surface area contributed by atoms with E-state index in [0.29, 0.717) is 0 Å². The summed E-state index contributed by atoms with van der Waals surface area (Å²) in [4.78, 5) is 33.9. The Kier molecular flexibility index (Phi) is 43.6. The predicted octanol–water partition coefficient (Wildman–Crippen LogP) is 13.6. The van der Waals surface area contributed by atoms with Gasteiger partial charge in [-0.3, -0.25) is 18.6 Å². The second kappa shape index (κ2) is 45.7. The molecule has 0 saturated carbocycles. The molecule has 0 aliphatic rings. The lowest BCUT2D eigenvalue weighted by Gasteiger charge is -2.15. The molecular weight excluding hydrogens is 774 g/mol. The zero-order valence-corrected chi connectivity index (χ0v) is 38.8. The second-order valence-electron chi connectivity index (χ2n) is 15.4. The highest BCUT2D eigenvalue weighted by Gasteiger charge is 2.23. The molecule has 0 aromatic heterocycles. The van der Waals surface area contributed by atoms with Gasteiger partial charge in [0.2, 0.25) is 5.91 Å². The van der Waals surface area contributed by atoms with Gasteiger partial charge >= 0.3 is 13.8 Å². The lowest BCUT2D eigenvalue weighted by atomic mass is 10.0. The Morgan fingerprint density at radius 2 is 0.917 bits per heavy atom. The topological polar surface area (TPSA) is 131 Å². The molecule has 0 aromatic carbocycles. The first-order valence-corrected chi connectivity index (χ1v) is 25.1. The molecule has 0 spiro atoms. The van der Waals surface area contributed by atoms with Crippen LogP contribution in [0.5, 0.6) is 0 Å². The van der Waals surface area contributed by atoms with Gasteiger partial charge in [0.05, 0.1) is 13.2 Å². The van der Waals surface area contributed by atoms with Gasteiger partial charge in [0, 0.05) is 19.4 Å². The number of carbonyl (C=O) groups excluding carboxylic acids is 2. The van der Waals surface area contributed by atoms with Gasteiger partial charge in [-0.25, -0.2) is 4.57 Å². The van der Waals surface area contributed by atoms with E-state index in [9.17, 15) is 24.2 Å². The van der Waals surface area contributed by atoms with Crippen LogP contribution in [0.15, 0.2) is 85.1 Å². The Labute approximate surface area is 366 Å². The average Bonchev–Trinajstić information content (AvgIpc) is 3.23. The molecule has 0 bridgehead atoms. The Balaban J connectivity index is 3.71. The number of amides is 1. The molecular formula is C50H86NO8P. The minimum absolute atomic E-state index is 0.0212. The maximum atomic E-state index is 12.1. The van der Waals surface area contributed by atoms with Crippen LogP contribution < -0.4 is 5.32 Å². The molecule has 0 heterocycles. The van der Waals surface area contributed by atoms with E-state index in [1.165, 1.54) is 96.3 Å². The van der Waals surface area contributed by atoms with Crippen molar-refractivity contribution in [3.63, 3.8) is 0 Å². The van der Waals surface area contributed by atoms with Crippen LogP contribution in [0, 0.1) is 0 Å². The number of hydrogen-bond donors (Lipinski definition) is 3. The molecule has 0 saturated heterocycles. The fourth-order valence-electron chi connectivity index (χ4n) is 6.10. The van der Waals surface area contributed by atoms with E-state index in [1.54, 1.807) is 6.08 Å². The number of allylic oxidation sites excluding steroid dienone is 13. The molecule has 0 aliphatic heterocycles. The third kappa shape index (κ3) is 46.3. The number of aliphatic hydroxyl groups is 1. The third-order valence-corrected chi connectivity index (χ3v) is 10.6. The van der Waals surface area contributed by atoms with Crippen LogP contribution in [0.1, 0.15) is 187 Å². The van der Waals surface area contributed by atoms with Crippen molar-refractivity contribution in [2.75, 3.05) is 26.4 Å². The van der Waals surface area contributed by atoms with Crippen LogP contribution in [0.25, 0.3) is 0 Å². The molecule has 344 valence electrons. The van der Waals surface area contributed by atoms with Crippen LogP contribution in [-0.2, 0) is 27.9 Å². The van der Waals surface area contributed by atoms with Crippen molar-refractivity contribution >= 4 is 19.7 Å². The largest absolute Gasteiger partial charge is 0.472 e. The van der Waals surface area contributed by atoms with Crippen molar-refractivity contribution in [3.8, 4) is 0 Å². The highest BCUT2D eigenvalue weighted by molar-refractivity contribution is 7.47. The summed E-state index contributed by atoms with van der Waals surface area (Å²) in [5.41, 5.74) is 0. The van der Waals surface area contributed by atoms with Crippen molar-refractivity contribution in [1.82, 2.24) is 5.32 Å². The van der Waals surface area contributed by atoms with Crippen molar-refractivity contribution in [1.29, 1.82) is 0 Å². The normalized spacial score (nSPS) is 14.0. The molecule has 2 atom stereocenters. The minimum atomic E-state index is -4.45. The lowest BCUT2D eigenvalue weighted by molar-refractivity contribution is -0.147. The summed E-state index contributed by atoms with van der Waals surface area (Å²) >= 11 is 0. The summed E-state index contributed by atoms with van der Waals surface area (Å²) in [6.07, 6.45) is 58.3. The summed E-state index contributed by atoms with van der Waals surface area (Å²) in [5.74, 6) is -0.651. The van der Waals surface area contributed by atoms with Crippen LogP contribution >= 0.6 is 7.82 Å². The van der Waals surface area contributed by atoms with Gasteiger partial charge in [-0.1, -0.05) is 208 Å². The van der Waals surface area contributed by atoms with E-state index in [4.69, 9.17) is 13.8 Å².